The Hall–Kier alpha value is -2.18. The maximum Gasteiger partial charge on any atom is 0.255 e. The molecule has 1 atom stereocenters. The Morgan fingerprint density at radius 2 is 2.19 bits per heavy atom. The van der Waals surface area contributed by atoms with Gasteiger partial charge < -0.3 is 9.84 Å². The van der Waals surface area contributed by atoms with Gasteiger partial charge in [0.1, 0.15) is 6.04 Å². The third-order valence-corrected chi connectivity index (χ3v) is 3.51. The lowest BCUT2D eigenvalue weighted by Gasteiger charge is -2.08. The van der Waals surface area contributed by atoms with Crippen LogP contribution in [0.3, 0.4) is 0 Å². The van der Waals surface area contributed by atoms with Crippen molar-refractivity contribution in [3.63, 3.8) is 0 Å². The number of carbonyl (C=O) groups is 1. The molecule has 112 valence electrons. The van der Waals surface area contributed by atoms with Crippen LogP contribution < -0.4 is 5.32 Å². The molecule has 1 saturated carbocycles. The molecule has 0 aliphatic heterocycles. The summed E-state index contributed by atoms with van der Waals surface area (Å²) in [5.74, 6) is 1.44. The molecule has 1 amide bonds. The summed E-state index contributed by atoms with van der Waals surface area (Å²) in [7, 11) is 0. The first-order chi connectivity index (χ1) is 10.0. The highest BCUT2D eigenvalue weighted by atomic mass is 16.5. The van der Waals surface area contributed by atoms with Gasteiger partial charge in [-0.05, 0) is 33.6 Å². The van der Waals surface area contributed by atoms with Crippen molar-refractivity contribution in [1.82, 2.24) is 25.2 Å². The molecule has 0 unspecified atom stereocenters. The summed E-state index contributed by atoms with van der Waals surface area (Å²) in [6.07, 6.45) is 5.53. The Morgan fingerprint density at radius 1 is 1.43 bits per heavy atom. The Morgan fingerprint density at radius 3 is 2.81 bits per heavy atom. The molecule has 0 bridgehead atoms. The lowest BCUT2D eigenvalue weighted by Crippen LogP contribution is -2.26. The largest absolute Gasteiger partial charge is 0.340 e. The van der Waals surface area contributed by atoms with Crippen molar-refractivity contribution in [2.75, 3.05) is 0 Å². The summed E-state index contributed by atoms with van der Waals surface area (Å²) < 4.78 is 6.96. The summed E-state index contributed by atoms with van der Waals surface area (Å²) in [5.41, 5.74) is 0.525. The summed E-state index contributed by atoms with van der Waals surface area (Å²) in [6, 6.07) is -0.0964. The third-order valence-electron chi connectivity index (χ3n) is 3.51. The molecule has 3 rings (SSSR count). The van der Waals surface area contributed by atoms with Crippen LogP contribution in [0.1, 0.15) is 73.7 Å². The Labute approximate surface area is 122 Å². The summed E-state index contributed by atoms with van der Waals surface area (Å²) in [4.78, 5) is 16.5. The monoisotopic (exact) mass is 289 g/mol. The molecule has 1 N–H and O–H groups in total. The predicted molar refractivity (Wildman–Crippen MR) is 74.8 cm³/mol. The second kappa shape index (κ2) is 5.31. The highest BCUT2D eigenvalue weighted by Gasteiger charge is 2.29. The first-order valence-corrected chi connectivity index (χ1v) is 7.23. The lowest BCUT2D eigenvalue weighted by atomic mass is 10.2. The number of carbonyl (C=O) groups excluding carboxylic acids is 1. The van der Waals surface area contributed by atoms with Crippen LogP contribution >= 0.6 is 0 Å². The zero-order valence-electron chi connectivity index (χ0n) is 12.4. The van der Waals surface area contributed by atoms with Gasteiger partial charge in [-0.25, -0.2) is 0 Å². The predicted octanol–water partition coefficient (Wildman–Crippen LogP) is 2.22. The second-order valence-corrected chi connectivity index (χ2v) is 5.76. The van der Waals surface area contributed by atoms with Crippen molar-refractivity contribution in [2.45, 2.75) is 51.6 Å². The maximum atomic E-state index is 12.2. The minimum absolute atomic E-state index is 0.194. The van der Waals surface area contributed by atoms with E-state index in [0.717, 1.165) is 18.7 Å². The molecule has 7 heteroatoms. The highest BCUT2D eigenvalue weighted by molar-refractivity contribution is 5.93. The Balaban J connectivity index is 1.64. The van der Waals surface area contributed by atoms with Crippen molar-refractivity contribution in [3.05, 3.63) is 29.7 Å². The van der Waals surface area contributed by atoms with Gasteiger partial charge in [0.15, 0.2) is 5.82 Å². The molecule has 7 nitrogen and oxygen atoms in total. The third kappa shape index (κ3) is 2.96. The number of rotatable bonds is 5. The van der Waals surface area contributed by atoms with Crippen molar-refractivity contribution in [1.29, 1.82) is 0 Å². The van der Waals surface area contributed by atoms with E-state index in [1.54, 1.807) is 17.1 Å². The minimum atomic E-state index is -0.320. The van der Waals surface area contributed by atoms with E-state index in [-0.39, 0.29) is 18.0 Å². The van der Waals surface area contributed by atoms with Crippen LogP contribution in [0, 0.1) is 0 Å². The van der Waals surface area contributed by atoms with Crippen molar-refractivity contribution in [2.24, 2.45) is 0 Å². The number of hydrogen-bond donors (Lipinski definition) is 1. The van der Waals surface area contributed by atoms with E-state index in [9.17, 15) is 4.79 Å². The zero-order valence-corrected chi connectivity index (χ0v) is 12.4. The van der Waals surface area contributed by atoms with E-state index < -0.39 is 0 Å². The standard InChI is InChI=1S/C14H19N5O2/c1-8(2)19-7-11(6-15-19)13(20)16-9(3)14-17-12(18-21-14)10-4-5-10/h6-10H,4-5H2,1-3H3,(H,16,20)/t9-/m0/s1. The van der Waals surface area contributed by atoms with Gasteiger partial charge in [-0.1, -0.05) is 5.16 Å². The fraction of sp³-hybridized carbons (Fsp3) is 0.571. The van der Waals surface area contributed by atoms with Crippen LogP contribution in [0.2, 0.25) is 0 Å². The molecule has 0 radical (unpaired) electrons. The average molecular weight is 289 g/mol. The quantitative estimate of drug-likeness (QED) is 0.912. The summed E-state index contributed by atoms with van der Waals surface area (Å²) in [5, 5.41) is 11.0. The SMILES string of the molecule is CC(C)n1cc(C(=O)N[C@@H](C)c2nc(C3CC3)no2)cn1. The van der Waals surface area contributed by atoms with Crippen molar-refractivity contribution >= 4 is 5.91 Å². The van der Waals surface area contributed by atoms with Crippen LogP contribution in [0.4, 0.5) is 0 Å². The molecule has 1 aliphatic rings. The molecule has 1 aliphatic carbocycles. The molecule has 21 heavy (non-hydrogen) atoms. The first kappa shape index (κ1) is 13.8. The number of amides is 1. The van der Waals surface area contributed by atoms with Crippen molar-refractivity contribution in [3.8, 4) is 0 Å². The minimum Gasteiger partial charge on any atom is -0.340 e. The number of nitrogens with zero attached hydrogens (tertiary/aromatic N) is 4. The molecule has 0 aromatic carbocycles. The molecule has 2 aromatic heterocycles. The van der Waals surface area contributed by atoms with Gasteiger partial charge in [-0.3, -0.25) is 9.48 Å². The van der Waals surface area contributed by atoms with Crippen LogP contribution in [-0.4, -0.2) is 25.8 Å². The second-order valence-electron chi connectivity index (χ2n) is 5.76. The first-order valence-electron chi connectivity index (χ1n) is 7.23. The van der Waals surface area contributed by atoms with E-state index in [0.29, 0.717) is 17.4 Å². The number of aromatic nitrogens is 4. The average Bonchev–Trinajstić information content (AvgIpc) is 3.00. The van der Waals surface area contributed by atoms with E-state index in [2.05, 4.69) is 20.6 Å². The van der Waals surface area contributed by atoms with E-state index >= 15 is 0 Å². The topological polar surface area (TPSA) is 85.8 Å². The smallest absolute Gasteiger partial charge is 0.255 e. The van der Waals surface area contributed by atoms with Crippen LogP contribution in [-0.2, 0) is 0 Å². The van der Waals surface area contributed by atoms with Crippen molar-refractivity contribution < 1.29 is 9.32 Å². The van der Waals surface area contributed by atoms with Crippen LogP contribution in [0.5, 0.6) is 0 Å². The molecule has 2 aromatic rings. The number of nitrogens with one attached hydrogen (secondary N) is 1. The Kier molecular flexibility index (Phi) is 3.48. The van der Waals surface area contributed by atoms with Gasteiger partial charge in [-0.15, -0.1) is 0 Å². The van der Waals surface area contributed by atoms with Crippen LogP contribution in [0.25, 0.3) is 0 Å². The molecule has 0 spiro atoms. The summed E-state index contributed by atoms with van der Waals surface area (Å²) in [6.45, 7) is 5.85. The lowest BCUT2D eigenvalue weighted by molar-refractivity contribution is 0.0932. The van der Waals surface area contributed by atoms with Gasteiger partial charge in [-0.2, -0.15) is 10.1 Å². The highest BCUT2D eigenvalue weighted by Crippen LogP contribution is 2.38. The van der Waals surface area contributed by atoms with E-state index in [4.69, 9.17) is 4.52 Å². The normalized spacial score (nSPS) is 16.2. The Bertz CT molecular complexity index is 641. The number of hydrogen-bond acceptors (Lipinski definition) is 5. The maximum absolute atomic E-state index is 12.2. The van der Waals surface area contributed by atoms with Gasteiger partial charge >= 0.3 is 0 Å². The van der Waals surface area contributed by atoms with E-state index in [1.165, 1.54) is 0 Å². The van der Waals surface area contributed by atoms with E-state index in [1.807, 2.05) is 20.8 Å². The fourth-order valence-corrected chi connectivity index (χ4v) is 2.01. The van der Waals surface area contributed by atoms with Gasteiger partial charge in [0.05, 0.1) is 11.8 Å². The zero-order chi connectivity index (χ0) is 15.0. The molecule has 0 saturated heterocycles. The summed E-state index contributed by atoms with van der Waals surface area (Å²) >= 11 is 0. The molecular weight excluding hydrogens is 270 g/mol. The molecular formula is C14H19N5O2. The molecule has 1 fully saturated rings. The molecule has 2 heterocycles. The van der Waals surface area contributed by atoms with Gasteiger partial charge in [0, 0.05) is 18.2 Å². The van der Waals surface area contributed by atoms with Gasteiger partial charge in [0.2, 0.25) is 5.89 Å². The fourth-order valence-electron chi connectivity index (χ4n) is 2.01. The van der Waals surface area contributed by atoms with Gasteiger partial charge in [0.25, 0.3) is 5.91 Å². The van der Waals surface area contributed by atoms with Crippen LogP contribution in [0.15, 0.2) is 16.9 Å².